The molecule has 372 valence electrons. The predicted octanol–water partition coefficient (Wildman–Crippen LogP) is 14.8. The molecule has 0 rings (SSSR count). The van der Waals surface area contributed by atoms with Gasteiger partial charge in [0.2, 0.25) is 0 Å². The molecule has 0 fully saturated rings. The molecule has 12 heteroatoms. The maximum absolute atomic E-state index is 12.7. The van der Waals surface area contributed by atoms with Gasteiger partial charge in [-0.2, -0.15) is 0 Å². The minimum Gasteiger partial charge on any atom is -0.480 e. The van der Waals surface area contributed by atoms with Crippen molar-refractivity contribution in [2.24, 2.45) is 5.73 Å². The van der Waals surface area contributed by atoms with Crippen LogP contribution >= 0.6 is 7.82 Å². The van der Waals surface area contributed by atoms with Gasteiger partial charge in [-0.05, 0) is 38.5 Å². The maximum Gasteiger partial charge on any atom is 0.472 e. The third-order valence-electron chi connectivity index (χ3n) is 11.8. The van der Waals surface area contributed by atoms with Gasteiger partial charge >= 0.3 is 25.7 Å². The largest absolute Gasteiger partial charge is 0.480 e. The van der Waals surface area contributed by atoms with Gasteiger partial charge in [0.1, 0.15) is 12.6 Å². The van der Waals surface area contributed by atoms with E-state index in [2.05, 4.69) is 30.5 Å². The van der Waals surface area contributed by atoms with Gasteiger partial charge in [0.15, 0.2) is 6.10 Å². The van der Waals surface area contributed by atoms with Crippen molar-refractivity contribution < 1.29 is 47.5 Å². The number of aliphatic carboxylic acids is 1. The number of phosphoric ester groups is 1. The molecule has 0 saturated heterocycles. The summed E-state index contributed by atoms with van der Waals surface area (Å²) in [5.74, 6) is -2.37. The van der Waals surface area contributed by atoms with E-state index >= 15 is 0 Å². The molecule has 3 unspecified atom stereocenters. The lowest BCUT2D eigenvalue weighted by atomic mass is 10.0. The molecule has 0 heterocycles. The fraction of sp³-hybridized carbons (Fsp3) is 0.902. The van der Waals surface area contributed by atoms with Crippen LogP contribution in [0, 0.1) is 0 Å². The van der Waals surface area contributed by atoms with Crippen LogP contribution in [0.1, 0.15) is 264 Å². The molecule has 0 radical (unpaired) electrons. The number of carboxylic acid groups (broad SMARTS) is 1. The highest BCUT2D eigenvalue weighted by Crippen LogP contribution is 2.43. The number of hydrogen-bond acceptors (Lipinski definition) is 9. The van der Waals surface area contributed by atoms with E-state index in [1.54, 1.807) is 0 Å². The van der Waals surface area contributed by atoms with Crippen LogP contribution in [-0.4, -0.2) is 59.9 Å². The minimum atomic E-state index is -4.72. The monoisotopic (exact) mass is 916 g/mol. The second-order valence-electron chi connectivity index (χ2n) is 18.0. The highest BCUT2D eigenvalue weighted by atomic mass is 31.2. The first-order valence-corrected chi connectivity index (χ1v) is 27.7. The Morgan fingerprint density at radius 1 is 0.476 bits per heavy atom. The Morgan fingerprint density at radius 3 is 1.16 bits per heavy atom. The first-order valence-electron chi connectivity index (χ1n) is 26.2. The molecule has 0 aliphatic heterocycles. The van der Waals surface area contributed by atoms with Crippen LogP contribution in [0.25, 0.3) is 0 Å². The van der Waals surface area contributed by atoms with Crippen LogP contribution in [0.3, 0.4) is 0 Å². The third kappa shape index (κ3) is 46.5. The number of esters is 2. The lowest BCUT2D eigenvalue weighted by molar-refractivity contribution is -0.161. The van der Waals surface area contributed by atoms with Gasteiger partial charge in [0.25, 0.3) is 0 Å². The normalized spacial score (nSPS) is 13.6. The Labute approximate surface area is 386 Å². The van der Waals surface area contributed by atoms with Gasteiger partial charge in [0.05, 0.1) is 13.2 Å². The number of unbranched alkanes of at least 4 members (excludes halogenated alkanes) is 34. The van der Waals surface area contributed by atoms with Crippen LogP contribution in [0.4, 0.5) is 0 Å². The fourth-order valence-electron chi connectivity index (χ4n) is 7.65. The summed E-state index contributed by atoms with van der Waals surface area (Å²) >= 11 is 0. The summed E-state index contributed by atoms with van der Waals surface area (Å²) < 4.78 is 32.8. The second kappa shape index (κ2) is 46.7. The number of ether oxygens (including phenoxy) is 2. The van der Waals surface area contributed by atoms with Crippen molar-refractivity contribution in [3.8, 4) is 0 Å². The van der Waals surface area contributed by atoms with E-state index in [1.165, 1.54) is 167 Å². The molecule has 0 aliphatic rings. The molecule has 0 bridgehead atoms. The van der Waals surface area contributed by atoms with Crippen molar-refractivity contribution in [2.45, 2.75) is 276 Å². The van der Waals surface area contributed by atoms with Gasteiger partial charge in [-0.15, -0.1) is 0 Å². The molecule has 3 atom stereocenters. The van der Waals surface area contributed by atoms with Crippen molar-refractivity contribution in [3.63, 3.8) is 0 Å². The lowest BCUT2D eigenvalue weighted by Crippen LogP contribution is -2.34. The molecule has 0 aromatic rings. The molecule has 0 aromatic heterocycles. The van der Waals surface area contributed by atoms with Gasteiger partial charge in [-0.3, -0.25) is 23.4 Å². The molecule has 0 aliphatic carbocycles. The molecular formula is C51H98NO10P. The van der Waals surface area contributed by atoms with Crippen LogP contribution in [0.15, 0.2) is 12.2 Å². The Hall–Kier alpha value is -1.78. The first-order chi connectivity index (χ1) is 30.6. The van der Waals surface area contributed by atoms with Crippen molar-refractivity contribution in [2.75, 3.05) is 19.8 Å². The number of rotatable bonds is 50. The quantitative estimate of drug-likeness (QED) is 0.0229. The van der Waals surface area contributed by atoms with E-state index < -0.39 is 51.1 Å². The summed E-state index contributed by atoms with van der Waals surface area (Å²) in [4.78, 5) is 46.2. The van der Waals surface area contributed by atoms with E-state index in [9.17, 15) is 23.8 Å². The highest BCUT2D eigenvalue weighted by molar-refractivity contribution is 7.47. The van der Waals surface area contributed by atoms with Gasteiger partial charge in [-0.25, -0.2) is 4.57 Å². The van der Waals surface area contributed by atoms with Gasteiger partial charge in [0, 0.05) is 12.8 Å². The van der Waals surface area contributed by atoms with Gasteiger partial charge < -0.3 is 25.2 Å². The van der Waals surface area contributed by atoms with Crippen molar-refractivity contribution in [1.82, 2.24) is 0 Å². The summed E-state index contributed by atoms with van der Waals surface area (Å²) in [7, 11) is -4.72. The number of hydrogen-bond donors (Lipinski definition) is 3. The predicted molar refractivity (Wildman–Crippen MR) is 259 cm³/mol. The van der Waals surface area contributed by atoms with E-state index in [1.807, 2.05) is 0 Å². The smallest absolute Gasteiger partial charge is 0.472 e. The molecule has 0 spiro atoms. The Bertz CT molecular complexity index is 1120. The zero-order valence-electron chi connectivity index (χ0n) is 40.7. The zero-order chi connectivity index (χ0) is 46.3. The Kier molecular flexibility index (Phi) is 45.4. The summed E-state index contributed by atoms with van der Waals surface area (Å²) in [6, 6.07) is -1.52. The fourth-order valence-corrected chi connectivity index (χ4v) is 8.43. The van der Waals surface area contributed by atoms with Crippen LogP contribution < -0.4 is 5.73 Å². The number of phosphoric acid groups is 1. The van der Waals surface area contributed by atoms with E-state index in [0.717, 1.165) is 57.8 Å². The maximum atomic E-state index is 12.7. The lowest BCUT2D eigenvalue weighted by Gasteiger charge is -2.20. The van der Waals surface area contributed by atoms with Crippen LogP contribution in [0.5, 0.6) is 0 Å². The summed E-state index contributed by atoms with van der Waals surface area (Å²) in [6.07, 6.45) is 50.0. The van der Waals surface area contributed by atoms with E-state index in [0.29, 0.717) is 12.8 Å². The number of carboxylic acids is 1. The Balaban J connectivity index is 4.16. The van der Waals surface area contributed by atoms with Crippen LogP contribution in [0.2, 0.25) is 0 Å². The minimum absolute atomic E-state index is 0.156. The third-order valence-corrected chi connectivity index (χ3v) is 12.7. The molecule has 63 heavy (non-hydrogen) atoms. The van der Waals surface area contributed by atoms with E-state index in [-0.39, 0.29) is 19.4 Å². The number of allylic oxidation sites excluding steroid dienone is 2. The molecule has 11 nitrogen and oxygen atoms in total. The summed E-state index contributed by atoms with van der Waals surface area (Å²) in [5.41, 5.74) is 5.35. The summed E-state index contributed by atoms with van der Waals surface area (Å²) in [6.45, 7) is 2.85. The average Bonchev–Trinajstić information content (AvgIpc) is 3.26. The van der Waals surface area contributed by atoms with E-state index in [4.69, 9.17) is 24.8 Å². The standard InChI is InChI=1S/C51H98NO10P/c1-3-5-7-9-11-13-15-17-19-21-22-23-24-25-26-27-29-30-32-34-36-38-40-42-49(53)59-44-47(45-60-63(57,58)61-46-48(52)51(55)56)62-50(54)43-41-39-37-35-33-31-28-20-18-16-14-12-10-8-6-4-2/h20,28,47-48H,3-19,21-27,29-46,52H2,1-2H3,(H,55,56)(H,57,58)/b28-20-. The zero-order valence-corrected chi connectivity index (χ0v) is 41.6. The van der Waals surface area contributed by atoms with Crippen LogP contribution in [-0.2, 0) is 37.5 Å². The van der Waals surface area contributed by atoms with Crippen molar-refractivity contribution in [3.05, 3.63) is 12.2 Å². The van der Waals surface area contributed by atoms with Crippen molar-refractivity contribution >= 4 is 25.7 Å². The molecule has 0 aromatic carbocycles. The van der Waals surface area contributed by atoms with Gasteiger partial charge in [-0.1, -0.05) is 225 Å². The summed E-state index contributed by atoms with van der Waals surface area (Å²) in [5, 5.41) is 8.92. The van der Waals surface area contributed by atoms with Crippen molar-refractivity contribution in [1.29, 1.82) is 0 Å². The highest BCUT2D eigenvalue weighted by Gasteiger charge is 2.28. The molecular weight excluding hydrogens is 818 g/mol. The molecule has 0 amide bonds. The second-order valence-corrected chi connectivity index (χ2v) is 19.5. The number of carbonyl (C=O) groups excluding carboxylic acids is 2. The number of nitrogens with two attached hydrogens (primary N) is 1. The topological polar surface area (TPSA) is 172 Å². The first kappa shape index (κ1) is 61.2. The SMILES string of the molecule is CCCCCCCCC/C=C\CCCCCCCC(=O)OC(COC(=O)CCCCCCCCCCCCCCCCCCCCCCCCC)COP(=O)(O)OCC(N)C(=O)O. The average molecular weight is 916 g/mol. The molecule has 4 N–H and O–H groups in total. The Morgan fingerprint density at radius 2 is 0.794 bits per heavy atom. The molecule has 0 saturated carbocycles. The number of carbonyl (C=O) groups is 3.